The van der Waals surface area contributed by atoms with E-state index >= 15 is 0 Å². The highest BCUT2D eigenvalue weighted by atomic mass is 16.7. The van der Waals surface area contributed by atoms with Crippen molar-refractivity contribution in [2.75, 3.05) is 26.4 Å². The molecule has 13 nitrogen and oxygen atoms in total. The van der Waals surface area contributed by atoms with E-state index in [2.05, 4.69) is 37.6 Å². The number of nitrogens with zero attached hydrogens (tertiary/aromatic N) is 4. The van der Waals surface area contributed by atoms with Gasteiger partial charge in [-0.15, -0.1) is 6.58 Å². The summed E-state index contributed by atoms with van der Waals surface area (Å²) in [5.74, 6) is -0.468. The van der Waals surface area contributed by atoms with E-state index < -0.39 is 22.7 Å². The smallest absolute Gasteiger partial charge is 0.269 e. The number of amides is 1. The summed E-state index contributed by atoms with van der Waals surface area (Å²) in [5, 5.41) is 36.4. The quantitative estimate of drug-likeness (QED) is 0.0274. The number of unbranched alkanes of at least 4 members (excludes halogenated alkanes) is 10. The molecule has 376 valence electrons. The number of nitro groups is 1. The number of rotatable bonds is 31. The summed E-state index contributed by atoms with van der Waals surface area (Å²) >= 11 is 0. The fraction of sp³-hybridized carbons (Fsp3) is 0.589. The molecule has 13 heteroatoms. The number of fused-ring (bicyclic) bond motifs is 2. The number of oxime groups is 1. The van der Waals surface area contributed by atoms with Crippen LogP contribution in [0.15, 0.2) is 90.1 Å². The third-order valence-corrected chi connectivity index (χ3v) is 14.2. The molecule has 2 heterocycles. The molecule has 2 N–H and O–H groups in total. The van der Waals surface area contributed by atoms with Gasteiger partial charge in [-0.25, -0.2) is 0 Å². The Kier molecular flexibility index (Phi) is 21.1. The van der Waals surface area contributed by atoms with Crippen molar-refractivity contribution in [2.45, 2.75) is 167 Å². The highest BCUT2D eigenvalue weighted by Crippen LogP contribution is 2.62. The van der Waals surface area contributed by atoms with Gasteiger partial charge in [0.05, 0.1) is 28.9 Å². The van der Waals surface area contributed by atoms with E-state index in [4.69, 9.17) is 24.2 Å². The number of hydrogen-bond donors (Lipinski definition) is 2. The minimum Gasteiger partial charge on any atom is -0.487 e. The number of aliphatic hydroxyl groups is 2. The zero-order valence-corrected chi connectivity index (χ0v) is 41.5. The lowest BCUT2D eigenvalue weighted by Crippen LogP contribution is -2.70. The Hall–Kier alpha value is -5.11. The van der Waals surface area contributed by atoms with E-state index in [-0.39, 0.29) is 62.4 Å². The highest BCUT2D eigenvalue weighted by molar-refractivity contribution is 6.03. The van der Waals surface area contributed by atoms with Gasteiger partial charge < -0.3 is 34.2 Å². The van der Waals surface area contributed by atoms with Crippen molar-refractivity contribution in [2.24, 2.45) is 22.9 Å². The fourth-order valence-corrected chi connectivity index (χ4v) is 10.9. The Balaban J connectivity index is 1.46. The maximum absolute atomic E-state index is 14.9. The molecule has 1 aliphatic heterocycles. The van der Waals surface area contributed by atoms with E-state index in [0.29, 0.717) is 49.4 Å². The number of benzene rings is 2. The third kappa shape index (κ3) is 14.0. The Morgan fingerprint density at radius 2 is 1.65 bits per heavy atom. The molecule has 0 radical (unpaired) electrons. The number of aromatic nitrogens is 1. The number of aliphatic hydroxyl groups excluding tert-OH is 2. The van der Waals surface area contributed by atoms with Crippen LogP contribution in [0.3, 0.4) is 0 Å². The van der Waals surface area contributed by atoms with Gasteiger partial charge >= 0.3 is 0 Å². The lowest BCUT2D eigenvalue weighted by atomic mass is 9.55. The first-order chi connectivity index (χ1) is 33.7. The van der Waals surface area contributed by atoms with Gasteiger partial charge in [0.1, 0.15) is 30.8 Å². The lowest BCUT2D eigenvalue weighted by molar-refractivity contribution is -0.384. The Morgan fingerprint density at radius 1 is 0.928 bits per heavy atom. The van der Waals surface area contributed by atoms with E-state index in [1.54, 1.807) is 18.2 Å². The maximum atomic E-state index is 14.9. The number of ether oxygens (including phenoxy) is 3. The summed E-state index contributed by atoms with van der Waals surface area (Å²) in [5.41, 5.74) is 5.09. The molecule has 0 spiro atoms. The molecule has 69 heavy (non-hydrogen) atoms. The van der Waals surface area contributed by atoms with Crippen LogP contribution in [0.25, 0.3) is 0 Å². The van der Waals surface area contributed by atoms with Crippen LogP contribution in [0, 0.1) is 34.8 Å². The number of carbonyl (C=O) groups excluding carboxylic acids is 1. The molecule has 3 aliphatic rings. The second kappa shape index (κ2) is 27.3. The van der Waals surface area contributed by atoms with Gasteiger partial charge in [0, 0.05) is 61.9 Å². The Bertz CT molecular complexity index is 2160. The minimum absolute atomic E-state index is 0.00343. The average molecular weight is 951 g/mol. The minimum atomic E-state index is -1.35. The van der Waals surface area contributed by atoms with Crippen LogP contribution < -0.4 is 9.47 Å². The molecule has 3 aromatic rings. The maximum Gasteiger partial charge on any atom is 0.269 e. The summed E-state index contributed by atoms with van der Waals surface area (Å²) in [6.07, 6.45) is 20.5. The van der Waals surface area contributed by atoms with Crippen LogP contribution in [-0.2, 0) is 27.6 Å². The van der Waals surface area contributed by atoms with Crippen molar-refractivity contribution >= 4 is 17.3 Å². The summed E-state index contributed by atoms with van der Waals surface area (Å²) < 4.78 is 21.1. The standard InChI is InChI=1S/C56H78N4O9/c1-5-8-9-10-11-12-13-14-15-25-53(63)59(32-6-2)52-38-50(58-68-39-42-26-28-45(29-27-42)60(64)65)48-36-43(22-16-18-33-61)47(24-17-19-34-62)54-49-37-46(66-40-44-23-20-21-41(4)57-44)30-31-51(49)69-56(52,55(48)54)67-35-7-3/h7,20-21,23,26-31,36-37,43,47,52,54-55,61-62H,3,5-6,8-19,22,24-25,32-35,38-40H2,1-2,4H3. The van der Waals surface area contributed by atoms with Crippen LogP contribution >= 0.6 is 0 Å². The molecule has 2 aliphatic carbocycles. The number of allylic oxidation sites excluding steroid dienone is 1. The van der Waals surface area contributed by atoms with E-state index in [9.17, 15) is 25.1 Å². The number of nitro benzene ring substituents is 1. The van der Waals surface area contributed by atoms with E-state index in [1.165, 1.54) is 50.7 Å². The second-order valence-electron chi connectivity index (χ2n) is 19.2. The van der Waals surface area contributed by atoms with Crippen molar-refractivity contribution in [1.29, 1.82) is 0 Å². The molecule has 2 aromatic carbocycles. The normalized spacial score (nSPS) is 22.0. The molecular weight excluding hydrogens is 873 g/mol. The van der Waals surface area contributed by atoms with Gasteiger partial charge in [-0.05, 0) is 111 Å². The summed E-state index contributed by atoms with van der Waals surface area (Å²) in [6.45, 7) is 11.6. The zero-order chi connectivity index (χ0) is 49.0. The largest absolute Gasteiger partial charge is 0.487 e. The molecule has 0 bridgehead atoms. The molecular formula is C56H78N4O9. The van der Waals surface area contributed by atoms with Gasteiger partial charge in [-0.1, -0.05) is 101 Å². The number of aryl methyl sites for hydroxylation is 1. The lowest BCUT2D eigenvalue weighted by Gasteiger charge is -2.60. The molecule has 1 saturated carbocycles. The van der Waals surface area contributed by atoms with Crippen molar-refractivity contribution in [3.63, 3.8) is 0 Å². The van der Waals surface area contributed by atoms with Crippen LogP contribution in [-0.4, -0.2) is 74.8 Å². The zero-order valence-electron chi connectivity index (χ0n) is 41.5. The average Bonchev–Trinajstić information content (AvgIpc) is 3.35. The predicted molar refractivity (Wildman–Crippen MR) is 270 cm³/mol. The number of pyridine rings is 1. The van der Waals surface area contributed by atoms with Crippen molar-refractivity contribution in [1.82, 2.24) is 9.88 Å². The highest BCUT2D eigenvalue weighted by Gasteiger charge is 2.65. The second-order valence-corrected chi connectivity index (χ2v) is 19.2. The van der Waals surface area contributed by atoms with Crippen LogP contribution in [0.1, 0.15) is 158 Å². The monoisotopic (exact) mass is 951 g/mol. The topological polar surface area (TPSA) is 166 Å². The van der Waals surface area contributed by atoms with Crippen LogP contribution in [0.4, 0.5) is 5.69 Å². The van der Waals surface area contributed by atoms with E-state index in [1.807, 2.05) is 42.2 Å². The van der Waals surface area contributed by atoms with Gasteiger partial charge in [0.2, 0.25) is 11.7 Å². The molecule has 1 fully saturated rings. The first-order valence-electron chi connectivity index (χ1n) is 26.0. The van der Waals surface area contributed by atoms with E-state index in [0.717, 1.165) is 79.5 Å². The van der Waals surface area contributed by atoms with Crippen LogP contribution in [0.2, 0.25) is 0 Å². The predicted octanol–water partition coefficient (Wildman–Crippen LogP) is 11.9. The van der Waals surface area contributed by atoms with Gasteiger partial charge in [-0.2, -0.15) is 0 Å². The van der Waals surface area contributed by atoms with Gasteiger partial charge in [0.25, 0.3) is 5.69 Å². The number of carbonyl (C=O) groups is 1. The molecule has 6 rings (SSSR count). The van der Waals surface area contributed by atoms with Crippen molar-refractivity contribution in [3.05, 3.63) is 118 Å². The SMILES string of the molecule is C=CCOC12Oc3ccc(OCc4cccc(C)n4)cc3C3C(CCCCO)C(CCCCO)C=C(C(=NOCc4ccc([N+](=O)[O-])cc4)CC1N(CCC)C(=O)CCCCCCCCCCC)C32. The summed E-state index contributed by atoms with van der Waals surface area (Å²) in [4.78, 5) is 38.8. The van der Waals surface area contributed by atoms with Gasteiger partial charge in [-0.3, -0.25) is 19.9 Å². The van der Waals surface area contributed by atoms with Crippen LogP contribution in [0.5, 0.6) is 11.5 Å². The van der Waals surface area contributed by atoms with Crippen molar-refractivity contribution < 1.29 is 39.0 Å². The third-order valence-electron chi connectivity index (χ3n) is 14.2. The Morgan fingerprint density at radius 3 is 2.33 bits per heavy atom. The molecule has 1 amide bonds. The number of non-ortho nitro benzene ring substituents is 1. The first-order valence-corrected chi connectivity index (χ1v) is 26.0. The first kappa shape index (κ1) is 53.2. The van der Waals surface area contributed by atoms with Gasteiger partial charge in [0.15, 0.2) is 0 Å². The summed E-state index contributed by atoms with van der Waals surface area (Å²) in [6, 6.07) is 17.6. The van der Waals surface area contributed by atoms with Crippen molar-refractivity contribution in [3.8, 4) is 11.5 Å². The summed E-state index contributed by atoms with van der Waals surface area (Å²) in [7, 11) is 0. The molecule has 0 saturated heterocycles. The number of hydrogen-bond acceptors (Lipinski definition) is 11. The molecule has 1 aromatic heterocycles. The molecule has 6 atom stereocenters. The molecule has 6 unspecified atom stereocenters. The Labute approximate surface area is 410 Å². The fourth-order valence-electron chi connectivity index (χ4n) is 10.9.